The molecule has 0 atom stereocenters. The van der Waals surface area contributed by atoms with E-state index < -0.39 is 11.7 Å². The van der Waals surface area contributed by atoms with Gasteiger partial charge in [-0.25, -0.2) is 4.79 Å². The third kappa shape index (κ3) is 5.24. The molecule has 0 spiro atoms. The van der Waals surface area contributed by atoms with E-state index >= 15 is 0 Å². The molecule has 1 aliphatic rings. The van der Waals surface area contributed by atoms with E-state index in [-0.39, 0.29) is 0 Å². The Labute approximate surface area is 122 Å². The average molecular weight is 277 g/mol. The topological polar surface area (TPSA) is 38.3 Å². The van der Waals surface area contributed by atoms with Crippen molar-refractivity contribution in [1.82, 2.24) is 0 Å². The minimum absolute atomic E-state index is 0.398. The van der Waals surface area contributed by atoms with Crippen LogP contribution in [-0.2, 0) is 4.74 Å². The van der Waals surface area contributed by atoms with Gasteiger partial charge >= 0.3 is 6.09 Å². The zero-order valence-corrected chi connectivity index (χ0v) is 13.5. The molecule has 0 unspecified atom stereocenters. The molecule has 20 heavy (non-hydrogen) atoms. The van der Waals surface area contributed by atoms with Crippen LogP contribution in [0.4, 0.5) is 10.5 Å². The first-order valence-electron chi connectivity index (χ1n) is 7.46. The van der Waals surface area contributed by atoms with Gasteiger partial charge in [-0.05, 0) is 63.6 Å². The Morgan fingerprint density at radius 3 is 2.30 bits per heavy atom. The molecule has 1 aliphatic carbocycles. The van der Waals surface area contributed by atoms with Crippen molar-refractivity contribution in [2.75, 3.05) is 5.32 Å². The Hall–Kier alpha value is -1.51. The first-order chi connectivity index (χ1) is 9.35. The van der Waals surface area contributed by atoms with Gasteiger partial charge in [-0.3, -0.25) is 5.32 Å². The van der Waals surface area contributed by atoms with Gasteiger partial charge < -0.3 is 4.74 Å². The number of amides is 1. The fourth-order valence-corrected chi connectivity index (χ4v) is 1.91. The number of hydrogen-bond acceptors (Lipinski definition) is 2. The Morgan fingerprint density at radius 2 is 1.85 bits per heavy atom. The molecule has 2 rings (SSSR count). The SMILES string of the molecule is CC.Cc1cc(C2CC2)ccc1NC(=O)OC(C)(C)C. The lowest BCUT2D eigenvalue weighted by atomic mass is 10.1. The molecule has 112 valence electrons. The van der Waals surface area contributed by atoms with E-state index in [4.69, 9.17) is 4.74 Å². The fourth-order valence-electron chi connectivity index (χ4n) is 1.91. The van der Waals surface area contributed by atoms with Gasteiger partial charge in [-0.15, -0.1) is 0 Å². The molecular weight excluding hydrogens is 250 g/mol. The molecule has 1 aromatic rings. The molecule has 1 N–H and O–H groups in total. The minimum atomic E-state index is -0.466. The molecule has 0 bridgehead atoms. The third-order valence-electron chi connectivity index (χ3n) is 2.93. The van der Waals surface area contributed by atoms with Crippen molar-refractivity contribution in [2.24, 2.45) is 0 Å². The maximum atomic E-state index is 11.7. The first kappa shape index (κ1) is 16.5. The summed E-state index contributed by atoms with van der Waals surface area (Å²) < 4.78 is 5.24. The van der Waals surface area contributed by atoms with Crippen LogP contribution in [0.25, 0.3) is 0 Å². The highest BCUT2D eigenvalue weighted by Crippen LogP contribution is 2.40. The summed E-state index contributed by atoms with van der Waals surface area (Å²) in [4.78, 5) is 11.7. The summed E-state index contributed by atoms with van der Waals surface area (Å²) in [6.45, 7) is 11.6. The number of hydrogen-bond donors (Lipinski definition) is 1. The van der Waals surface area contributed by atoms with Gasteiger partial charge in [-0.2, -0.15) is 0 Å². The maximum Gasteiger partial charge on any atom is 0.412 e. The fraction of sp³-hybridized carbons (Fsp3) is 0.588. The molecular formula is C17H27NO2. The zero-order valence-electron chi connectivity index (χ0n) is 13.5. The summed E-state index contributed by atoms with van der Waals surface area (Å²) in [7, 11) is 0. The Kier molecular flexibility index (Phi) is 5.61. The number of carbonyl (C=O) groups is 1. The summed E-state index contributed by atoms with van der Waals surface area (Å²) in [6, 6.07) is 6.22. The van der Waals surface area contributed by atoms with E-state index in [1.807, 2.05) is 47.6 Å². The van der Waals surface area contributed by atoms with Gasteiger partial charge in [0, 0.05) is 5.69 Å². The number of nitrogens with one attached hydrogen (secondary N) is 1. The lowest BCUT2D eigenvalue weighted by molar-refractivity contribution is 0.0636. The molecule has 0 aliphatic heterocycles. The van der Waals surface area contributed by atoms with E-state index in [1.165, 1.54) is 18.4 Å². The second-order valence-electron chi connectivity index (χ2n) is 5.98. The van der Waals surface area contributed by atoms with Crippen LogP contribution in [-0.4, -0.2) is 11.7 Å². The van der Waals surface area contributed by atoms with Crippen molar-refractivity contribution in [3.05, 3.63) is 29.3 Å². The summed E-state index contributed by atoms with van der Waals surface area (Å²) >= 11 is 0. The van der Waals surface area contributed by atoms with E-state index in [0.29, 0.717) is 0 Å². The van der Waals surface area contributed by atoms with Crippen LogP contribution in [0, 0.1) is 6.92 Å². The molecule has 0 heterocycles. The van der Waals surface area contributed by atoms with Gasteiger partial charge in [0.1, 0.15) is 5.60 Å². The molecule has 0 radical (unpaired) electrons. The lowest BCUT2D eigenvalue weighted by Crippen LogP contribution is -2.27. The monoisotopic (exact) mass is 277 g/mol. The van der Waals surface area contributed by atoms with Crippen LogP contribution in [0.3, 0.4) is 0 Å². The van der Waals surface area contributed by atoms with Crippen molar-refractivity contribution >= 4 is 11.8 Å². The standard InChI is InChI=1S/C15H21NO2.C2H6/c1-10-9-12(11-5-6-11)7-8-13(10)16-14(17)18-15(2,3)4;1-2/h7-9,11H,5-6H2,1-4H3,(H,16,17);1-2H3. The molecule has 1 aromatic carbocycles. The van der Waals surface area contributed by atoms with Crippen molar-refractivity contribution in [3.63, 3.8) is 0 Å². The van der Waals surface area contributed by atoms with Crippen LogP contribution in [0.15, 0.2) is 18.2 Å². The number of benzene rings is 1. The van der Waals surface area contributed by atoms with Gasteiger partial charge in [0.2, 0.25) is 0 Å². The second-order valence-corrected chi connectivity index (χ2v) is 5.98. The van der Waals surface area contributed by atoms with E-state index in [2.05, 4.69) is 17.4 Å². The maximum absolute atomic E-state index is 11.7. The number of aryl methyl sites for hydroxylation is 1. The Bertz CT molecular complexity index is 457. The highest BCUT2D eigenvalue weighted by atomic mass is 16.6. The van der Waals surface area contributed by atoms with Crippen LogP contribution < -0.4 is 5.32 Å². The molecule has 0 aromatic heterocycles. The molecule has 0 saturated heterocycles. The first-order valence-corrected chi connectivity index (χ1v) is 7.46. The number of anilines is 1. The largest absolute Gasteiger partial charge is 0.444 e. The number of carbonyl (C=O) groups excluding carboxylic acids is 1. The number of rotatable bonds is 2. The Balaban J connectivity index is 0.000000956. The average Bonchev–Trinajstić information content (AvgIpc) is 3.16. The van der Waals surface area contributed by atoms with Crippen molar-refractivity contribution < 1.29 is 9.53 Å². The van der Waals surface area contributed by atoms with Gasteiger partial charge in [0.25, 0.3) is 0 Å². The highest BCUT2D eigenvalue weighted by molar-refractivity contribution is 5.86. The summed E-state index contributed by atoms with van der Waals surface area (Å²) in [6.07, 6.45) is 2.18. The third-order valence-corrected chi connectivity index (χ3v) is 2.93. The summed E-state index contributed by atoms with van der Waals surface area (Å²) in [5.74, 6) is 0.735. The van der Waals surface area contributed by atoms with Crippen LogP contribution >= 0.6 is 0 Å². The van der Waals surface area contributed by atoms with Gasteiger partial charge in [0.15, 0.2) is 0 Å². The van der Waals surface area contributed by atoms with E-state index in [0.717, 1.165) is 17.2 Å². The van der Waals surface area contributed by atoms with Crippen LogP contribution in [0.2, 0.25) is 0 Å². The quantitative estimate of drug-likeness (QED) is 0.802. The van der Waals surface area contributed by atoms with E-state index in [9.17, 15) is 4.79 Å². The molecule has 1 fully saturated rings. The molecule has 3 nitrogen and oxygen atoms in total. The Morgan fingerprint density at radius 1 is 1.25 bits per heavy atom. The normalized spacial score (nSPS) is 14.1. The second kappa shape index (κ2) is 6.78. The van der Waals surface area contributed by atoms with Crippen molar-refractivity contribution in [2.45, 2.75) is 65.9 Å². The van der Waals surface area contributed by atoms with Crippen LogP contribution in [0.1, 0.15) is 64.5 Å². The minimum Gasteiger partial charge on any atom is -0.444 e. The zero-order chi connectivity index (χ0) is 15.3. The smallest absolute Gasteiger partial charge is 0.412 e. The summed E-state index contributed by atoms with van der Waals surface area (Å²) in [5.41, 5.74) is 2.83. The summed E-state index contributed by atoms with van der Waals surface area (Å²) in [5, 5.41) is 2.79. The van der Waals surface area contributed by atoms with E-state index in [1.54, 1.807) is 0 Å². The molecule has 1 saturated carbocycles. The van der Waals surface area contributed by atoms with Gasteiger partial charge in [-0.1, -0.05) is 26.0 Å². The van der Waals surface area contributed by atoms with Crippen molar-refractivity contribution in [1.29, 1.82) is 0 Å². The predicted octanol–water partition coefficient (Wildman–Crippen LogP) is 5.25. The van der Waals surface area contributed by atoms with Crippen molar-refractivity contribution in [3.8, 4) is 0 Å². The number of ether oxygens (including phenoxy) is 1. The molecule has 1 amide bonds. The van der Waals surface area contributed by atoms with Crippen LogP contribution in [0.5, 0.6) is 0 Å². The highest BCUT2D eigenvalue weighted by Gasteiger charge is 2.24. The predicted molar refractivity (Wildman–Crippen MR) is 84.4 cm³/mol. The van der Waals surface area contributed by atoms with Gasteiger partial charge in [0.05, 0.1) is 0 Å². The molecule has 3 heteroatoms. The lowest BCUT2D eigenvalue weighted by Gasteiger charge is -2.20.